The van der Waals surface area contributed by atoms with Gasteiger partial charge in [0.1, 0.15) is 6.04 Å². The van der Waals surface area contributed by atoms with Crippen LogP contribution in [0.25, 0.3) is 0 Å². The van der Waals surface area contributed by atoms with E-state index in [0.717, 1.165) is 12.8 Å². The first-order valence-electron chi connectivity index (χ1n) is 5.61. The molecule has 2 aliphatic rings. The Hall–Kier alpha value is -1.14. The van der Waals surface area contributed by atoms with E-state index in [0.29, 0.717) is 19.0 Å². The summed E-state index contributed by atoms with van der Waals surface area (Å²) in [5.74, 6) is 0.240. The van der Waals surface area contributed by atoms with Crippen LogP contribution in [0.3, 0.4) is 0 Å². The predicted molar refractivity (Wildman–Crippen MR) is 56.5 cm³/mol. The Morgan fingerprint density at radius 3 is 2.81 bits per heavy atom. The van der Waals surface area contributed by atoms with E-state index in [1.807, 2.05) is 0 Å². The van der Waals surface area contributed by atoms with Crippen LogP contribution in [0.15, 0.2) is 0 Å². The van der Waals surface area contributed by atoms with Gasteiger partial charge in [0.25, 0.3) is 0 Å². The van der Waals surface area contributed by atoms with Gasteiger partial charge in [-0.05, 0) is 18.8 Å². The minimum Gasteiger partial charge on any atom is -0.393 e. The topological polar surface area (TPSA) is 90.5 Å². The van der Waals surface area contributed by atoms with Crippen molar-refractivity contribution in [2.45, 2.75) is 25.0 Å². The van der Waals surface area contributed by atoms with Crippen molar-refractivity contribution in [2.24, 2.45) is 5.92 Å². The highest BCUT2D eigenvalue weighted by molar-refractivity contribution is 5.86. The number of carbonyl (C=O) groups excluding carboxylic acids is 2. The Morgan fingerprint density at radius 1 is 1.50 bits per heavy atom. The summed E-state index contributed by atoms with van der Waals surface area (Å²) < 4.78 is 0. The maximum Gasteiger partial charge on any atom is 0.238 e. The van der Waals surface area contributed by atoms with Gasteiger partial charge in [0.05, 0.1) is 12.6 Å². The minimum atomic E-state index is -0.331. The Kier molecular flexibility index (Phi) is 3.40. The number of aliphatic hydroxyl groups is 1. The first-order chi connectivity index (χ1) is 7.65. The van der Waals surface area contributed by atoms with Gasteiger partial charge in [-0.1, -0.05) is 0 Å². The number of rotatable bonds is 3. The molecule has 1 unspecified atom stereocenters. The molecule has 1 saturated carbocycles. The lowest BCUT2D eigenvalue weighted by atomic mass is 9.82. The normalized spacial score (nSPS) is 33.8. The molecule has 0 bridgehead atoms. The number of carbonyl (C=O) groups is 2. The third-order valence-corrected chi connectivity index (χ3v) is 3.10. The van der Waals surface area contributed by atoms with Crippen molar-refractivity contribution in [1.82, 2.24) is 16.0 Å². The summed E-state index contributed by atoms with van der Waals surface area (Å²) in [5, 5.41) is 17.4. The molecule has 16 heavy (non-hydrogen) atoms. The maximum absolute atomic E-state index is 11.6. The lowest BCUT2D eigenvalue weighted by Gasteiger charge is -2.32. The number of amides is 2. The van der Waals surface area contributed by atoms with E-state index in [2.05, 4.69) is 16.0 Å². The molecular formula is C10H17N3O3. The average molecular weight is 227 g/mol. The second-order valence-corrected chi connectivity index (χ2v) is 4.47. The monoisotopic (exact) mass is 227 g/mol. The Balaban J connectivity index is 1.65. The van der Waals surface area contributed by atoms with Crippen molar-refractivity contribution in [2.75, 3.05) is 19.6 Å². The number of nitrogens with one attached hydrogen (secondary N) is 3. The molecule has 4 N–H and O–H groups in total. The zero-order valence-corrected chi connectivity index (χ0v) is 9.03. The van der Waals surface area contributed by atoms with Gasteiger partial charge in [0, 0.05) is 13.1 Å². The number of aliphatic hydroxyl groups excluding tert-OH is 1. The Bertz CT molecular complexity index is 279. The van der Waals surface area contributed by atoms with Crippen molar-refractivity contribution < 1.29 is 14.7 Å². The molecule has 2 amide bonds. The molecule has 1 heterocycles. The molecule has 0 aromatic heterocycles. The summed E-state index contributed by atoms with van der Waals surface area (Å²) in [6.07, 6.45) is 1.36. The van der Waals surface area contributed by atoms with E-state index in [1.165, 1.54) is 0 Å². The summed E-state index contributed by atoms with van der Waals surface area (Å²) in [6, 6.07) is -0.331. The minimum absolute atomic E-state index is 0.0776. The van der Waals surface area contributed by atoms with Gasteiger partial charge in [-0.3, -0.25) is 14.9 Å². The molecule has 0 aromatic carbocycles. The standard InChI is InChI=1S/C10H17N3O3/c14-7-1-6(2-7)3-13-10(16)8-4-12-9(15)5-11-8/h6-8,11,14H,1-5H2,(H,12,15)(H,13,16). The Labute approximate surface area is 93.8 Å². The zero-order chi connectivity index (χ0) is 11.5. The highest BCUT2D eigenvalue weighted by Gasteiger charge is 2.29. The molecule has 2 rings (SSSR count). The second kappa shape index (κ2) is 4.80. The summed E-state index contributed by atoms with van der Waals surface area (Å²) in [4.78, 5) is 22.5. The highest BCUT2D eigenvalue weighted by atomic mass is 16.3. The van der Waals surface area contributed by atoms with Crippen LogP contribution in [-0.2, 0) is 9.59 Å². The highest BCUT2D eigenvalue weighted by Crippen LogP contribution is 2.25. The summed E-state index contributed by atoms with van der Waals surface area (Å²) in [5.41, 5.74) is 0. The van der Waals surface area contributed by atoms with Gasteiger partial charge in [-0.2, -0.15) is 0 Å². The number of hydrogen-bond acceptors (Lipinski definition) is 4. The molecule has 2 fully saturated rings. The third-order valence-electron chi connectivity index (χ3n) is 3.10. The van der Waals surface area contributed by atoms with Crippen LogP contribution in [0, 0.1) is 5.92 Å². The molecule has 1 saturated heterocycles. The van der Waals surface area contributed by atoms with Crippen LogP contribution in [0.2, 0.25) is 0 Å². The van der Waals surface area contributed by atoms with Crippen LogP contribution in [0.1, 0.15) is 12.8 Å². The van der Waals surface area contributed by atoms with Gasteiger partial charge >= 0.3 is 0 Å². The first-order valence-corrected chi connectivity index (χ1v) is 5.61. The van der Waals surface area contributed by atoms with Crippen molar-refractivity contribution in [3.8, 4) is 0 Å². The quantitative estimate of drug-likeness (QED) is 0.447. The van der Waals surface area contributed by atoms with Crippen LogP contribution >= 0.6 is 0 Å². The molecule has 0 spiro atoms. The van der Waals surface area contributed by atoms with Crippen LogP contribution in [0.5, 0.6) is 0 Å². The molecule has 1 atom stereocenters. The summed E-state index contributed by atoms with van der Waals surface area (Å²) in [6.45, 7) is 1.15. The van der Waals surface area contributed by atoms with E-state index in [9.17, 15) is 9.59 Å². The summed E-state index contributed by atoms with van der Waals surface area (Å²) in [7, 11) is 0. The number of piperazine rings is 1. The van der Waals surface area contributed by atoms with E-state index in [-0.39, 0.29) is 30.5 Å². The molecule has 0 radical (unpaired) electrons. The van der Waals surface area contributed by atoms with Crippen LogP contribution in [0.4, 0.5) is 0 Å². The lowest BCUT2D eigenvalue weighted by Crippen LogP contribution is -2.58. The maximum atomic E-state index is 11.6. The molecule has 90 valence electrons. The predicted octanol–water partition coefficient (Wildman–Crippen LogP) is -2.04. The first kappa shape index (κ1) is 11.3. The van der Waals surface area contributed by atoms with E-state index < -0.39 is 0 Å². The van der Waals surface area contributed by atoms with Gasteiger partial charge in [0.2, 0.25) is 11.8 Å². The van der Waals surface area contributed by atoms with Crippen LogP contribution in [-0.4, -0.2) is 48.7 Å². The molecule has 6 nitrogen and oxygen atoms in total. The largest absolute Gasteiger partial charge is 0.393 e. The fourth-order valence-electron chi connectivity index (χ4n) is 1.99. The van der Waals surface area contributed by atoms with Crippen LogP contribution < -0.4 is 16.0 Å². The third kappa shape index (κ3) is 2.70. The molecule has 0 aromatic rings. The molecule has 1 aliphatic heterocycles. The molecular weight excluding hydrogens is 210 g/mol. The lowest BCUT2D eigenvalue weighted by molar-refractivity contribution is -0.127. The SMILES string of the molecule is O=C1CNC(C(=O)NCC2CC(O)C2)CN1. The van der Waals surface area contributed by atoms with E-state index in [4.69, 9.17) is 5.11 Å². The second-order valence-electron chi connectivity index (χ2n) is 4.47. The van der Waals surface area contributed by atoms with Crippen molar-refractivity contribution in [1.29, 1.82) is 0 Å². The van der Waals surface area contributed by atoms with Crippen molar-refractivity contribution >= 4 is 11.8 Å². The van der Waals surface area contributed by atoms with Gasteiger partial charge in [-0.15, -0.1) is 0 Å². The smallest absolute Gasteiger partial charge is 0.238 e. The van der Waals surface area contributed by atoms with Gasteiger partial charge < -0.3 is 15.7 Å². The average Bonchev–Trinajstić information content (AvgIpc) is 2.23. The zero-order valence-electron chi connectivity index (χ0n) is 9.03. The number of hydrogen-bond donors (Lipinski definition) is 4. The molecule has 6 heteroatoms. The fourth-order valence-corrected chi connectivity index (χ4v) is 1.99. The molecule has 1 aliphatic carbocycles. The van der Waals surface area contributed by atoms with Gasteiger partial charge in [0.15, 0.2) is 0 Å². The summed E-state index contributed by atoms with van der Waals surface area (Å²) >= 11 is 0. The van der Waals surface area contributed by atoms with E-state index >= 15 is 0 Å². The van der Waals surface area contributed by atoms with Gasteiger partial charge in [-0.25, -0.2) is 0 Å². The van der Waals surface area contributed by atoms with Crippen molar-refractivity contribution in [3.05, 3.63) is 0 Å². The van der Waals surface area contributed by atoms with Crippen molar-refractivity contribution in [3.63, 3.8) is 0 Å². The fraction of sp³-hybridized carbons (Fsp3) is 0.800. The van der Waals surface area contributed by atoms with E-state index in [1.54, 1.807) is 0 Å². The Morgan fingerprint density at radius 2 is 2.25 bits per heavy atom.